The molecule has 2 aromatic carbocycles. The number of carbonyl (C=O) groups is 1. The molecule has 2 saturated heterocycles. The molecule has 1 aromatic heterocycles. The summed E-state index contributed by atoms with van der Waals surface area (Å²) in [6, 6.07) is 7.87. The van der Waals surface area contributed by atoms with E-state index in [0.717, 1.165) is 45.6 Å². The fourth-order valence-electron chi connectivity index (χ4n) is 4.53. The molecule has 9 nitrogen and oxygen atoms in total. The number of aromatic nitrogens is 2. The molecule has 0 radical (unpaired) electrons. The van der Waals surface area contributed by atoms with Crippen molar-refractivity contribution in [1.29, 1.82) is 0 Å². The first-order valence-corrected chi connectivity index (χ1v) is 13.5. The Morgan fingerprint density at radius 2 is 2.10 bits per heavy atom. The highest BCUT2D eigenvalue weighted by atomic mass is 35.5. The standard InChI is InChI=1S/C28H31ClFN5O4/c29-22-14-19(6-7-23(22)30)33-28-21-15-25(34-27(36)5-1-8-35-9-3-11-37-13-10-35)26(16-24(21)31-18-32-28)39-17-20-4-2-12-38-20/h1,5-7,14-16,18,20H,2-4,8-13,17H2,(H,34,36)(H,31,32,33)/b5-1+/t20-/m1/s1. The average Bonchev–Trinajstić information content (AvgIpc) is 3.32. The number of hydrogen-bond donors (Lipinski definition) is 2. The Morgan fingerprint density at radius 3 is 2.95 bits per heavy atom. The van der Waals surface area contributed by atoms with E-state index in [-0.39, 0.29) is 17.0 Å². The van der Waals surface area contributed by atoms with Gasteiger partial charge in [0.15, 0.2) is 0 Å². The molecule has 0 bridgehead atoms. The third-order valence-corrected chi connectivity index (χ3v) is 6.86. The van der Waals surface area contributed by atoms with Crippen molar-refractivity contribution in [2.24, 2.45) is 0 Å². The Labute approximate surface area is 231 Å². The Bertz CT molecular complexity index is 1330. The van der Waals surface area contributed by atoms with Crippen molar-refractivity contribution in [1.82, 2.24) is 14.9 Å². The summed E-state index contributed by atoms with van der Waals surface area (Å²) in [6.07, 6.45) is 7.71. The molecule has 3 aromatic rings. The van der Waals surface area contributed by atoms with Crippen LogP contribution in [-0.4, -0.2) is 72.9 Å². The fraction of sp³-hybridized carbons (Fsp3) is 0.393. The number of halogens is 2. The maximum atomic E-state index is 13.6. The first-order valence-electron chi connectivity index (χ1n) is 13.1. The number of anilines is 3. The summed E-state index contributed by atoms with van der Waals surface area (Å²) in [4.78, 5) is 23.9. The van der Waals surface area contributed by atoms with Crippen LogP contribution in [0.2, 0.25) is 5.02 Å². The third kappa shape index (κ3) is 7.42. The lowest BCUT2D eigenvalue weighted by Gasteiger charge is -2.17. The van der Waals surface area contributed by atoms with Gasteiger partial charge in [-0.2, -0.15) is 0 Å². The van der Waals surface area contributed by atoms with Crippen molar-refractivity contribution in [2.45, 2.75) is 25.4 Å². The van der Waals surface area contributed by atoms with Crippen LogP contribution in [0.25, 0.3) is 10.9 Å². The van der Waals surface area contributed by atoms with Crippen molar-refractivity contribution < 1.29 is 23.4 Å². The molecule has 11 heteroatoms. The number of fused-ring (bicyclic) bond motifs is 1. The largest absolute Gasteiger partial charge is 0.489 e. The number of hydrogen-bond acceptors (Lipinski definition) is 8. The second-order valence-corrected chi connectivity index (χ2v) is 9.85. The van der Waals surface area contributed by atoms with E-state index >= 15 is 0 Å². The van der Waals surface area contributed by atoms with Gasteiger partial charge in [-0.3, -0.25) is 9.69 Å². The summed E-state index contributed by atoms with van der Waals surface area (Å²) in [5.41, 5.74) is 1.65. The molecule has 2 aliphatic heterocycles. The van der Waals surface area contributed by atoms with Crippen LogP contribution < -0.4 is 15.4 Å². The highest BCUT2D eigenvalue weighted by Crippen LogP contribution is 2.34. The summed E-state index contributed by atoms with van der Waals surface area (Å²) in [7, 11) is 0. The van der Waals surface area contributed by atoms with Gasteiger partial charge in [0.1, 0.15) is 30.3 Å². The van der Waals surface area contributed by atoms with E-state index in [4.69, 9.17) is 25.8 Å². The molecule has 39 heavy (non-hydrogen) atoms. The minimum atomic E-state index is -0.509. The molecule has 206 valence electrons. The predicted octanol–water partition coefficient (Wildman–Crippen LogP) is 4.94. The number of rotatable bonds is 9. The van der Waals surface area contributed by atoms with Crippen molar-refractivity contribution >= 4 is 45.6 Å². The normalized spacial score (nSPS) is 18.4. The molecule has 0 saturated carbocycles. The van der Waals surface area contributed by atoms with Crippen LogP contribution in [-0.2, 0) is 14.3 Å². The lowest BCUT2D eigenvalue weighted by atomic mass is 10.1. The molecule has 2 aliphatic rings. The highest BCUT2D eigenvalue weighted by molar-refractivity contribution is 6.31. The van der Waals surface area contributed by atoms with Gasteiger partial charge in [-0.05, 0) is 43.5 Å². The minimum Gasteiger partial charge on any atom is -0.489 e. The lowest BCUT2D eigenvalue weighted by Crippen LogP contribution is -2.26. The van der Waals surface area contributed by atoms with Gasteiger partial charge in [0, 0.05) is 56.1 Å². The maximum absolute atomic E-state index is 13.6. The number of benzene rings is 2. The van der Waals surface area contributed by atoms with Crippen molar-refractivity contribution in [3.05, 3.63) is 59.7 Å². The summed E-state index contributed by atoms with van der Waals surface area (Å²) in [6.45, 7) is 5.00. The summed E-state index contributed by atoms with van der Waals surface area (Å²) in [5.74, 6) is 0.172. The van der Waals surface area contributed by atoms with Gasteiger partial charge < -0.3 is 24.8 Å². The van der Waals surface area contributed by atoms with Crippen LogP contribution in [0.5, 0.6) is 5.75 Å². The number of amides is 1. The molecule has 2 N–H and O–H groups in total. The number of nitrogens with zero attached hydrogens (tertiary/aromatic N) is 3. The monoisotopic (exact) mass is 555 g/mol. The molecule has 3 heterocycles. The predicted molar refractivity (Wildman–Crippen MR) is 148 cm³/mol. The molecule has 0 unspecified atom stereocenters. The van der Waals surface area contributed by atoms with Crippen molar-refractivity contribution in [3.8, 4) is 5.75 Å². The maximum Gasteiger partial charge on any atom is 0.248 e. The summed E-state index contributed by atoms with van der Waals surface area (Å²) in [5, 5.41) is 6.75. The van der Waals surface area contributed by atoms with Gasteiger partial charge in [0.2, 0.25) is 5.91 Å². The van der Waals surface area contributed by atoms with Crippen molar-refractivity contribution in [2.75, 3.05) is 56.7 Å². The van der Waals surface area contributed by atoms with E-state index in [1.54, 1.807) is 18.2 Å². The zero-order valence-corrected chi connectivity index (χ0v) is 22.3. The lowest BCUT2D eigenvalue weighted by molar-refractivity contribution is -0.111. The smallest absolute Gasteiger partial charge is 0.248 e. The second-order valence-electron chi connectivity index (χ2n) is 9.45. The molecule has 1 amide bonds. The fourth-order valence-corrected chi connectivity index (χ4v) is 4.71. The van der Waals surface area contributed by atoms with Gasteiger partial charge >= 0.3 is 0 Å². The topological polar surface area (TPSA) is 97.8 Å². The second kappa shape index (κ2) is 13.2. The van der Waals surface area contributed by atoms with Crippen LogP contribution in [0.15, 0.2) is 48.8 Å². The Balaban J connectivity index is 1.38. The van der Waals surface area contributed by atoms with Gasteiger partial charge in [-0.15, -0.1) is 0 Å². The quantitative estimate of drug-likeness (QED) is 0.358. The molecule has 0 aliphatic carbocycles. The highest BCUT2D eigenvalue weighted by Gasteiger charge is 2.19. The molecule has 0 spiro atoms. The van der Waals surface area contributed by atoms with E-state index in [0.29, 0.717) is 53.6 Å². The molecule has 2 fully saturated rings. The number of carbonyl (C=O) groups excluding carboxylic acids is 1. The SMILES string of the molecule is O=C(/C=C/CN1CCCOCC1)Nc1cc2c(Nc3ccc(F)c(Cl)c3)ncnc2cc1OC[C@H]1CCCO1. The first kappa shape index (κ1) is 27.3. The van der Waals surface area contributed by atoms with Gasteiger partial charge in [-0.1, -0.05) is 17.7 Å². The van der Waals surface area contributed by atoms with Crippen LogP contribution in [0.1, 0.15) is 19.3 Å². The van der Waals surface area contributed by atoms with E-state index < -0.39 is 5.82 Å². The van der Waals surface area contributed by atoms with E-state index in [1.165, 1.54) is 24.5 Å². The molecule has 5 rings (SSSR count). The zero-order valence-electron chi connectivity index (χ0n) is 21.5. The number of nitrogens with one attached hydrogen (secondary N) is 2. The van der Waals surface area contributed by atoms with E-state index in [9.17, 15) is 9.18 Å². The van der Waals surface area contributed by atoms with Crippen LogP contribution >= 0.6 is 11.6 Å². The molecule has 1 atom stereocenters. The zero-order chi connectivity index (χ0) is 27.0. The Morgan fingerprint density at radius 1 is 1.18 bits per heavy atom. The summed E-state index contributed by atoms with van der Waals surface area (Å²) >= 11 is 5.95. The average molecular weight is 556 g/mol. The van der Waals surface area contributed by atoms with Crippen molar-refractivity contribution in [3.63, 3.8) is 0 Å². The Kier molecular flexibility index (Phi) is 9.20. The number of ether oxygens (including phenoxy) is 3. The summed E-state index contributed by atoms with van der Waals surface area (Å²) < 4.78 is 30.9. The third-order valence-electron chi connectivity index (χ3n) is 6.57. The van der Waals surface area contributed by atoms with E-state index in [1.807, 2.05) is 6.08 Å². The molecular weight excluding hydrogens is 525 g/mol. The van der Waals surface area contributed by atoms with Gasteiger partial charge in [-0.25, -0.2) is 14.4 Å². The molecular formula is C28H31ClFN5O4. The van der Waals surface area contributed by atoms with Crippen LogP contribution in [0.3, 0.4) is 0 Å². The minimum absolute atomic E-state index is 0.00405. The van der Waals surface area contributed by atoms with Crippen LogP contribution in [0.4, 0.5) is 21.6 Å². The Hall–Kier alpha value is -3.31. The first-order chi connectivity index (χ1) is 19.0. The van der Waals surface area contributed by atoms with Crippen LogP contribution in [0, 0.1) is 5.82 Å². The van der Waals surface area contributed by atoms with E-state index in [2.05, 4.69) is 25.5 Å². The van der Waals surface area contributed by atoms with Gasteiger partial charge in [0.25, 0.3) is 0 Å². The van der Waals surface area contributed by atoms with Gasteiger partial charge in [0.05, 0.1) is 28.9 Å².